The number of aromatic nitrogens is 2. The maximum Gasteiger partial charge on any atom is 0.416 e. The number of urea groups is 1. The molecule has 0 aliphatic carbocycles. The topological polar surface area (TPSA) is 80.0 Å². The Labute approximate surface area is 148 Å². The van der Waals surface area contributed by atoms with Gasteiger partial charge in [-0.3, -0.25) is 0 Å². The van der Waals surface area contributed by atoms with Crippen LogP contribution in [0.2, 0.25) is 0 Å². The molecular formula is C16H11F5N4O2. The fourth-order valence-electron chi connectivity index (χ4n) is 2.50. The first-order chi connectivity index (χ1) is 12.7. The molecule has 6 nitrogen and oxygen atoms in total. The van der Waals surface area contributed by atoms with E-state index in [2.05, 4.69) is 15.3 Å². The zero-order valence-electron chi connectivity index (χ0n) is 13.6. The van der Waals surface area contributed by atoms with E-state index in [9.17, 15) is 26.7 Å². The maximum absolute atomic E-state index is 13.8. The summed E-state index contributed by atoms with van der Waals surface area (Å²) in [6.07, 6.45) is -1.43. The minimum Gasteiger partial charge on any atom is -0.455 e. The van der Waals surface area contributed by atoms with Gasteiger partial charge in [-0.25, -0.2) is 23.5 Å². The molecule has 2 heterocycles. The fourth-order valence-corrected chi connectivity index (χ4v) is 2.50. The SMILES string of the molecule is Cc1c(C(NC(=O)Nc2cncnc2)C(F)(F)F)oc2c(F)cc(F)cc12. The van der Waals surface area contributed by atoms with Crippen LogP contribution in [-0.2, 0) is 0 Å². The first kappa shape index (κ1) is 18.5. The second kappa shape index (κ2) is 6.82. The summed E-state index contributed by atoms with van der Waals surface area (Å²) in [4.78, 5) is 19.2. The van der Waals surface area contributed by atoms with Crippen LogP contribution in [0, 0.1) is 18.6 Å². The number of carbonyl (C=O) groups excluding carboxylic acids is 1. The van der Waals surface area contributed by atoms with Crippen molar-refractivity contribution in [2.45, 2.75) is 19.1 Å². The minimum atomic E-state index is -4.96. The summed E-state index contributed by atoms with van der Waals surface area (Å²) >= 11 is 0. The molecule has 3 rings (SSSR count). The number of rotatable bonds is 3. The highest BCUT2D eigenvalue weighted by Gasteiger charge is 2.45. The van der Waals surface area contributed by atoms with Gasteiger partial charge >= 0.3 is 12.2 Å². The first-order valence-electron chi connectivity index (χ1n) is 7.44. The molecule has 0 bridgehead atoms. The predicted molar refractivity (Wildman–Crippen MR) is 83.8 cm³/mol. The average Bonchev–Trinajstić information content (AvgIpc) is 2.90. The Bertz CT molecular complexity index is 988. The highest BCUT2D eigenvalue weighted by atomic mass is 19.4. The van der Waals surface area contributed by atoms with E-state index in [0.717, 1.165) is 6.07 Å². The van der Waals surface area contributed by atoms with Crippen LogP contribution in [0.25, 0.3) is 11.0 Å². The molecule has 0 radical (unpaired) electrons. The highest BCUT2D eigenvalue weighted by Crippen LogP contribution is 2.39. The number of nitrogens with zero attached hydrogens (tertiary/aromatic N) is 2. The third-order valence-corrected chi connectivity index (χ3v) is 3.68. The third-order valence-electron chi connectivity index (χ3n) is 3.68. The van der Waals surface area contributed by atoms with Gasteiger partial charge in [0.15, 0.2) is 17.4 Å². The van der Waals surface area contributed by atoms with E-state index in [1.807, 2.05) is 0 Å². The quantitative estimate of drug-likeness (QED) is 0.660. The molecule has 0 aliphatic heterocycles. The Morgan fingerprint density at radius 2 is 1.85 bits per heavy atom. The van der Waals surface area contributed by atoms with Gasteiger partial charge in [0.05, 0.1) is 18.1 Å². The number of hydrogen-bond acceptors (Lipinski definition) is 4. The van der Waals surface area contributed by atoms with Gasteiger partial charge < -0.3 is 15.1 Å². The molecule has 2 amide bonds. The molecule has 0 saturated heterocycles. The molecule has 27 heavy (non-hydrogen) atoms. The summed E-state index contributed by atoms with van der Waals surface area (Å²) < 4.78 is 72.7. The van der Waals surface area contributed by atoms with Gasteiger partial charge in [-0.1, -0.05) is 0 Å². The average molecular weight is 386 g/mol. The fraction of sp³-hybridized carbons (Fsp3) is 0.188. The van der Waals surface area contributed by atoms with Crippen molar-refractivity contribution < 1.29 is 31.2 Å². The summed E-state index contributed by atoms with van der Waals surface area (Å²) in [5, 5.41) is 3.70. The second-order valence-corrected chi connectivity index (χ2v) is 5.56. The summed E-state index contributed by atoms with van der Waals surface area (Å²) in [5.41, 5.74) is -0.615. The van der Waals surface area contributed by atoms with Crippen LogP contribution in [-0.4, -0.2) is 22.2 Å². The number of fused-ring (bicyclic) bond motifs is 1. The molecule has 0 spiro atoms. The number of benzene rings is 1. The molecule has 142 valence electrons. The molecule has 0 aliphatic rings. The van der Waals surface area contributed by atoms with Crippen LogP contribution in [0.4, 0.5) is 32.4 Å². The van der Waals surface area contributed by atoms with Crippen molar-refractivity contribution in [3.63, 3.8) is 0 Å². The van der Waals surface area contributed by atoms with E-state index in [0.29, 0.717) is 6.07 Å². The Hall–Kier alpha value is -3.24. The van der Waals surface area contributed by atoms with Gasteiger partial charge in [0, 0.05) is 17.0 Å². The van der Waals surface area contributed by atoms with Crippen molar-refractivity contribution in [2.24, 2.45) is 0 Å². The molecule has 1 aromatic carbocycles. The van der Waals surface area contributed by atoms with E-state index < -0.39 is 41.2 Å². The number of alkyl halides is 3. The molecule has 0 saturated carbocycles. The largest absolute Gasteiger partial charge is 0.455 e. The van der Waals surface area contributed by atoms with E-state index in [1.54, 1.807) is 5.32 Å². The molecule has 1 unspecified atom stereocenters. The molecule has 1 atom stereocenters. The lowest BCUT2D eigenvalue weighted by Gasteiger charge is -2.20. The maximum atomic E-state index is 13.8. The number of aryl methyl sites for hydroxylation is 1. The summed E-state index contributed by atoms with van der Waals surface area (Å²) in [7, 11) is 0. The van der Waals surface area contributed by atoms with Crippen molar-refractivity contribution in [1.29, 1.82) is 0 Å². The lowest BCUT2D eigenvalue weighted by molar-refractivity contribution is -0.158. The van der Waals surface area contributed by atoms with E-state index in [-0.39, 0.29) is 16.6 Å². The number of carbonyl (C=O) groups is 1. The summed E-state index contributed by atoms with van der Waals surface area (Å²) in [6.45, 7) is 1.21. The van der Waals surface area contributed by atoms with Crippen LogP contribution < -0.4 is 10.6 Å². The summed E-state index contributed by atoms with van der Waals surface area (Å²) in [5.74, 6) is -2.86. The van der Waals surface area contributed by atoms with Crippen LogP contribution >= 0.6 is 0 Å². The molecule has 2 aromatic heterocycles. The lowest BCUT2D eigenvalue weighted by Crippen LogP contribution is -2.40. The number of furan rings is 1. The lowest BCUT2D eigenvalue weighted by atomic mass is 10.1. The van der Waals surface area contributed by atoms with Crippen LogP contribution in [0.1, 0.15) is 17.4 Å². The Morgan fingerprint density at radius 3 is 2.48 bits per heavy atom. The number of halogens is 5. The summed E-state index contributed by atoms with van der Waals surface area (Å²) in [6, 6.07) is -2.45. The van der Waals surface area contributed by atoms with Gasteiger partial charge in [-0.2, -0.15) is 13.2 Å². The number of anilines is 1. The number of hydrogen-bond donors (Lipinski definition) is 2. The molecular weight excluding hydrogens is 375 g/mol. The highest BCUT2D eigenvalue weighted by molar-refractivity contribution is 5.89. The van der Waals surface area contributed by atoms with Crippen molar-refractivity contribution in [3.05, 3.63) is 53.8 Å². The molecule has 2 N–H and O–H groups in total. The number of nitrogens with one attached hydrogen (secondary N) is 2. The van der Waals surface area contributed by atoms with Gasteiger partial charge in [-0.05, 0) is 13.0 Å². The Balaban J connectivity index is 1.96. The van der Waals surface area contributed by atoms with Crippen molar-refractivity contribution in [2.75, 3.05) is 5.32 Å². The van der Waals surface area contributed by atoms with Gasteiger partial charge in [0.2, 0.25) is 0 Å². The smallest absolute Gasteiger partial charge is 0.416 e. The second-order valence-electron chi connectivity index (χ2n) is 5.56. The van der Waals surface area contributed by atoms with Gasteiger partial charge in [0.25, 0.3) is 0 Å². The van der Waals surface area contributed by atoms with Crippen LogP contribution in [0.3, 0.4) is 0 Å². The van der Waals surface area contributed by atoms with Gasteiger partial charge in [0.1, 0.15) is 17.9 Å². The molecule has 3 aromatic rings. The van der Waals surface area contributed by atoms with E-state index in [4.69, 9.17) is 4.42 Å². The zero-order valence-corrected chi connectivity index (χ0v) is 13.6. The molecule has 11 heteroatoms. The van der Waals surface area contributed by atoms with Crippen molar-refractivity contribution in [3.8, 4) is 0 Å². The molecule has 0 fully saturated rings. The Kier molecular flexibility index (Phi) is 4.68. The minimum absolute atomic E-state index is 0.0605. The van der Waals surface area contributed by atoms with Crippen LogP contribution in [0.15, 0.2) is 35.3 Å². The van der Waals surface area contributed by atoms with E-state index in [1.165, 1.54) is 25.6 Å². The zero-order chi connectivity index (χ0) is 19.8. The van der Waals surface area contributed by atoms with Gasteiger partial charge in [-0.15, -0.1) is 0 Å². The Morgan fingerprint density at radius 1 is 1.19 bits per heavy atom. The third kappa shape index (κ3) is 3.81. The van der Waals surface area contributed by atoms with Crippen molar-refractivity contribution >= 4 is 22.7 Å². The predicted octanol–water partition coefficient (Wildman–Crippen LogP) is 4.23. The normalized spacial score (nSPS) is 12.8. The first-order valence-corrected chi connectivity index (χ1v) is 7.44. The van der Waals surface area contributed by atoms with Crippen LogP contribution in [0.5, 0.6) is 0 Å². The monoisotopic (exact) mass is 386 g/mol. The number of amides is 2. The van der Waals surface area contributed by atoms with Crippen molar-refractivity contribution in [1.82, 2.24) is 15.3 Å². The van der Waals surface area contributed by atoms with E-state index >= 15 is 0 Å². The standard InChI is InChI=1S/C16H11F5N4O2/c1-7-10-2-8(17)3-11(18)13(10)27-12(7)14(16(19,20)21)25-15(26)24-9-4-22-6-23-5-9/h2-6,14H,1H3,(H2,24,25,26).